The fourth-order valence-electron chi connectivity index (χ4n) is 2.93. The van der Waals surface area contributed by atoms with Crippen molar-refractivity contribution in [2.45, 2.75) is 76.5 Å². The Bertz CT molecular complexity index is 248. The summed E-state index contributed by atoms with van der Waals surface area (Å²) in [6.45, 7) is 9.41. The molecule has 1 aliphatic heterocycles. The lowest BCUT2D eigenvalue weighted by atomic mass is 9.98. The van der Waals surface area contributed by atoms with Crippen molar-refractivity contribution in [3.8, 4) is 0 Å². The molecule has 1 heterocycles. The van der Waals surface area contributed by atoms with Crippen molar-refractivity contribution in [2.75, 3.05) is 19.8 Å². The van der Waals surface area contributed by atoms with Gasteiger partial charge in [-0.25, -0.2) is 0 Å². The van der Waals surface area contributed by atoms with Gasteiger partial charge in [-0.3, -0.25) is 0 Å². The van der Waals surface area contributed by atoms with Crippen LogP contribution in [0.2, 0.25) is 0 Å². The molecule has 1 saturated carbocycles. The van der Waals surface area contributed by atoms with E-state index >= 15 is 0 Å². The highest BCUT2D eigenvalue weighted by Gasteiger charge is 2.38. The fraction of sp³-hybridized carbons (Fsp3) is 1.00. The first-order valence-corrected chi connectivity index (χ1v) is 7.50. The molecule has 0 atom stereocenters. The van der Waals surface area contributed by atoms with Gasteiger partial charge in [0.05, 0.1) is 11.7 Å². The molecule has 1 saturated heterocycles. The largest absolute Gasteiger partial charge is 0.381 e. The van der Waals surface area contributed by atoms with Crippen LogP contribution >= 0.6 is 0 Å². The molecule has 3 nitrogen and oxygen atoms in total. The summed E-state index contributed by atoms with van der Waals surface area (Å²) in [4.78, 5) is 0. The predicted octanol–water partition coefficient (Wildman–Crippen LogP) is 2.88. The molecule has 2 aliphatic rings. The summed E-state index contributed by atoms with van der Waals surface area (Å²) in [5.74, 6) is 0. The van der Waals surface area contributed by atoms with Gasteiger partial charge in [0, 0.05) is 25.3 Å². The molecular formula is C15H29NO2. The first-order chi connectivity index (χ1) is 8.49. The maximum absolute atomic E-state index is 6.49. The fourth-order valence-corrected chi connectivity index (χ4v) is 2.93. The Labute approximate surface area is 112 Å². The molecular weight excluding hydrogens is 226 g/mol. The molecule has 1 aliphatic carbocycles. The minimum Gasteiger partial charge on any atom is -0.381 e. The van der Waals surface area contributed by atoms with Gasteiger partial charge < -0.3 is 14.8 Å². The molecule has 3 heteroatoms. The van der Waals surface area contributed by atoms with Crippen LogP contribution in [-0.4, -0.2) is 37.0 Å². The zero-order chi connectivity index (χ0) is 13.1. The monoisotopic (exact) mass is 255 g/mol. The second kappa shape index (κ2) is 5.89. The van der Waals surface area contributed by atoms with Gasteiger partial charge in [-0.1, -0.05) is 12.8 Å². The lowest BCUT2D eigenvalue weighted by Crippen LogP contribution is -2.49. The highest BCUT2D eigenvalue weighted by Crippen LogP contribution is 2.35. The summed E-state index contributed by atoms with van der Waals surface area (Å²) >= 11 is 0. The van der Waals surface area contributed by atoms with Crippen LogP contribution in [-0.2, 0) is 9.47 Å². The van der Waals surface area contributed by atoms with Crippen molar-refractivity contribution in [3.05, 3.63) is 0 Å². The van der Waals surface area contributed by atoms with Gasteiger partial charge in [-0.05, 0) is 46.5 Å². The standard InChI is InChI=1S/C15H29NO2/c1-14(2,3)16-12-15(8-4-5-9-15)18-13-6-10-17-11-7-13/h13,16H,4-12H2,1-3H3. The minimum atomic E-state index is 0.0925. The van der Waals surface area contributed by atoms with Crippen LogP contribution in [0.5, 0.6) is 0 Å². The maximum Gasteiger partial charge on any atom is 0.0810 e. The molecule has 0 radical (unpaired) electrons. The summed E-state index contributed by atoms with van der Waals surface area (Å²) < 4.78 is 11.9. The molecule has 1 N–H and O–H groups in total. The van der Waals surface area contributed by atoms with E-state index in [1.54, 1.807) is 0 Å². The van der Waals surface area contributed by atoms with E-state index in [4.69, 9.17) is 9.47 Å². The maximum atomic E-state index is 6.49. The summed E-state index contributed by atoms with van der Waals surface area (Å²) in [6.07, 6.45) is 7.61. The molecule has 0 spiro atoms. The third-order valence-corrected chi connectivity index (χ3v) is 4.04. The third kappa shape index (κ3) is 4.22. The Kier molecular flexibility index (Phi) is 4.68. The van der Waals surface area contributed by atoms with Gasteiger partial charge in [0.2, 0.25) is 0 Å². The van der Waals surface area contributed by atoms with E-state index in [-0.39, 0.29) is 11.1 Å². The molecule has 18 heavy (non-hydrogen) atoms. The van der Waals surface area contributed by atoms with Gasteiger partial charge in [0.25, 0.3) is 0 Å². The van der Waals surface area contributed by atoms with Gasteiger partial charge in [0.1, 0.15) is 0 Å². The highest BCUT2D eigenvalue weighted by molar-refractivity contribution is 4.92. The summed E-state index contributed by atoms with van der Waals surface area (Å²) in [5.41, 5.74) is 0.268. The van der Waals surface area contributed by atoms with Crippen molar-refractivity contribution in [1.29, 1.82) is 0 Å². The van der Waals surface area contributed by atoms with Crippen molar-refractivity contribution in [3.63, 3.8) is 0 Å². The van der Waals surface area contributed by atoms with Crippen LogP contribution in [0.1, 0.15) is 59.3 Å². The van der Waals surface area contributed by atoms with Crippen LogP contribution in [0.15, 0.2) is 0 Å². The van der Waals surface area contributed by atoms with E-state index in [2.05, 4.69) is 26.1 Å². The molecule has 0 unspecified atom stereocenters. The number of ether oxygens (including phenoxy) is 2. The summed E-state index contributed by atoms with van der Waals surface area (Å²) in [6, 6.07) is 0. The average Bonchev–Trinajstić information content (AvgIpc) is 2.76. The second-order valence-electron chi connectivity index (χ2n) is 6.92. The smallest absolute Gasteiger partial charge is 0.0810 e. The summed E-state index contributed by atoms with van der Waals surface area (Å²) in [5, 5.41) is 3.64. The number of nitrogens with one attached hydrogen (secondary N) is 1. The zero-order valence-electron chi connectivity index (χ0n) is 12.3. The summed E-state index contributed by atoms with van der Waals surface area (Å²) in [7, 11) is 0. The van der Waals surface area contributed by atoms with Gasteiger partial charge >= 0.3 is 0 Å². The van der Waals surface area contributed by atoms with Gasteiger partial charge in [0.15, 0.2) is 0 Å². The van der Waals surface area contributed by atoms with E-state index < -0.39 is 0 Å². The molecule has 106 valence electrons. The first kappa shape index (κ1) is 14.3. The zero-order valence-corrected chi connectivity index (χ0v) is 12.3. The lowest BCUT2D eigenvalue weighted by Gasteiger charge is -2.38. The van der Waals surface area contributed by atoms with E-state index in [0.29, 0.717) is 6.10 Å². The predicted molar refractivity (Wildman–Crippen MR) is 73.9 cm³/mol. The number of rotatable bonds is 4. The van der Waals surface area contributed by atoms with Crippen LogP contribution in [0.3, 0.4) is 0 Å². The van der Waals surface area contributed by atoms with Crippen molar-refractivity contribution in [1.82, 2.24) is 5.32 Å². The molecule has 0 bridgehead atoms. The van der Waals surface area contributed by atoms with Gasteiger partial charge in [-0.2, -0.15) is 0 Å². The van der Waals surface area contributed by atoms with Crippen LogP contribution in [0.25, 0.3) is 0 Å². The first-order valence-electron chi connectivity index (χ1n) is 7.50. The van der Waals surface area contributed by atoms with Crippen molar-refractivity contribution >= 4 is 0 Å². The van der Waals surface area contributed by atoms with Crippen LogP contribution in [0.4, 0.5) is 0 Å². The Morgan fingerprint density at radius 3 is 2.33 bits per heavy atom. The SMILES string of the molecule is CC(C)(C)NCC1(OC2CCOCC2)CCCC1. The van der Waals surface area contributed by atoms with Crippen LogP contribution < -0.4 is 5.32 Å². The third-order valence-electron chi connectivity index (χ3n) is 4.04. The molecule has 2 fully saturated rings. The molecule has 2 rings (SSSR count). The normalized spacial score (nSPS) is 25.5. The van der Waals surface area contributed by atoms with E-state index in [1.165, 1.54) is 25.7 Å². The minimum absolute atomic E-state index is 0.0925. The van der Waals surface area contributed by atoms with E-state index in [0.717, 1.165) is 32.6 Å². The lowest BCUT2D eigenvalue weighted by molar-refractivity contribution is -0.123. The van der Waals surface area contributed by atoms with Crippen molar-refractivity contribution < 1.29 is 9.47 Å². The Hall–Kier alpha value is -0.120. The average molecular weight is 255 g/mol. The van der Waals surface area contributed by atoms with E-state index in [9.17, 15) is 0 Å². The second-order valence-corrected chi connectivity index (χ2v) is 6.92. The quantitative estimate of drug-likeness (QED) is 0.838. The number of hydrogen-bond acceptors (Lipinski definition) is 3. The van der Waals surface area contributed by atoms with Crippen molar-refractivity contribution in [2.24, 2.45) is 0 Å². The molecule has 0 aromatic rings. The molecule has 0 amide bonds. The molecule has 0 aromatic carbocycles. The number of hydrogen-bond donors (Lipinski definition) is 1. The molecule has 0 aromatic heterocycles. The van der Waals surface area contributed by atoms with Crippen LogP contribution in [0, 0.1) is 0 Å². The van der Waals surface area contributed by atoms with Gasteiger partial charge in [-0.15, -0.1) is 0 Å². The highest BCUT2D eigenvalue weighted by atomic mass is 16.5. The topological polar surface area (TPSA) is 30.5 Å². The Morgan fingerprint density at radius 1 is 1.17 bits per heavy atom. The Balaban J connectivity index is 1.89. The van der Waals surface area contributed by atoms with E-state index in [1.807, 2.05) is 0 Å². The Morgan fingerprint density at radius 2 is 1.78 bits per heavy atom.